The molecule has 0 bridgehead atoms. The maximum absolute atomic E-state index is 6.06. The summed E-state index contributed by atoms with van der Waals surface area (Å²) < 4.78 is 17.1. The van der Waals surface area contributed by atoms with Gasteiger partial charge < -0.3 is 13.7 Å². The Kier molecular flexibility index (Phi) is 2.99. The molecular formula is C15H18BNO3. The molecule has 3 rings (SSSR count). The van der Waals surface area contributed by atoms with Crippen LogP contribution in [0.3, 0.4) is 0 Å². The molecule has 2 heterocycles. The number of hydrogen-bond donors (Lipinski definition) is 0. The Morgan fingerprint density at radius 3 is 2.35 bits per heavy atom. The molecule has 2 aromatic rings. The Morgan fingerprint density at radius 2 is 1.75 bits per heavy atom. The van der Waals surface area contributed by atoms with Gasteiger partial charge in [0.15, 0.2) is 6.39 Å². The summed E-state index contributed by atoms with van der Waals surface area (Å²) in [5, 5.41) is 0. The Bertz CT molecular complexity index is 591. The van der Waals surface area contributed by atoms with Gasteiger partial charge >= 0.3 is 7.12 Å². The predicted molar refractivity (Wildman–Crippen MR) is 77.7 cm³/mol. The molecule has 104 valence electrons. The summed E-state index contributed by atoms with van der Waals surface area (Å²) in [7, 11) is -0.355. The first-order chi connectivity index (χ1) is 9.39. The minimum absolute atomic E-state index is 0.332. The summed E-state index contributed by atoms with van der Waals surface area (Å²) in [6.45, 7) is 8.20. The molecule has 1 aromatic carbocycles. The van der Waals surface area contributed by atoms with Crippen molar-refractivity contribution in [1.29, 1.82) is 0 Å². The van der Waals surface area contributed by atoms with E-state index >= 15 is 0 Å². The molecule has 0 saturated carbocycles. The minimum Gasteiger partial charge on any atom is -0.451 e. The molecule has 1 aromatic heterocycles. The maximum Gasteiger partial charge on any atom is 0.494 e. The summed E-state index contributed by atoms with van der Waals surface area (Å²) >= 11 is 0. The maximum atomic E-state index is 6.06. The number of hydrogen-bond acceptors (Lipinski definition) is 4. The van der Waals surface area contributed by atoms with Crippen molar-refractivity contribution in [3.8, 4) is 11.3 Å². The summed E-state index contributed by atoms with van der Waals surface area (Å²) in [6, 6.07) is 8.00. The van der Waals surface area contributed by atoms with E-state index in [0.29, 0.717) is 0 Å². The lowest BCUT2D eigenvalue weighted by Crippen LogP contribution is -2.41. The van der Waals surface area contributed by atoms with Gasteiger partial charge in [-0.3, -0.25) is 0 Å². The third-order valence-corrected chi connectivity index (χ3v) is 4.14. The topological polar surface area (TPSA) is 44.5 Å². The summed E-state index contributed by atoms with van der Waals surface area (Å²) in [6.07, 6.45) is 3.06. The second kappa shape index (κ2) is 4.47. The van der Waals surface area contributed by atoms with Gasteiger partial charge in [-0.15, -0.1) is 0 Å². The number of oxazole rings is 1. The van der Waals surface area contributed by atoms with Crippen LogP contribution in [0, 0.1) is 0 Å². The molecule has 4 nitrogen and oxygen atoms in total. The van der Waals surface area contributed by atoms with Gasteiger partial charge in [0.25, 0.3) is 0 Å². The van der Waals surface area contributed by atoms with Crippen molar-refractivity contribution in [3.63, 3.8) is 0 Å². The molecule has 5 heteroatoms. The molecule has 20 heavy (non-hydrogen) atoms. The average molecular weight is 271 g/mol. The van der Waals surface area contributed by atoms with Gasteiger partial charge in [0.05, 0.1) is 11.2 Å². The van der Waals surface area contributed by atoms with Crippen molar-refractivity contribution in [2.75, 3.05) is 0 Å². The molecular weight excluding hydrogens is 253 g/mol. The van der Waals surface area contributed by atoms with Crippen LogP contribution in [0.25, 0.3) is 11.3 Å². The number of aromatic nitrogens is 1. The zero-order chi connectivity index (χ0) is 14.4. The van der Waals surface area contributed by atoms with Crippen LogP contribution in [-0.4, -0.2) is 23.3 Å². The summed E-state index contributed by atoms with van der Waals surface area (Å²) in [4.78, 5) is 4.16. The molecule has 1 aliphatic rings. The lowest BCUT2D eigenvalue weighted by atomic mass is 9.78. The standard InChI is InChI=1S/C15H18BNO3/c1-14(2)15(3,4)20-16(19-14)12-7-5-6-11(8-12)13-9-18-10-17-13/h5-10H,1-4H3. The fourth-order valence-corrected chi connectivity index (χ4v) is 2.18. The van der Waals surface area contributed by atoms with Crippen LogP contribution in [0.1, 0.15) is 27.7 Å². The van der Waals surface area contributed by atoms with E-state index in [-0.39, 0.29) is 18.3 Å². The van der Waals surface area contributed by atoms with E-state index < -0.39 is 0 Å². The van der Waals surface area contributed by atoms with Crippen LogP contribution in [0.5, 0.6) is 0 Å². The Labute approximate surface area is 119 Å². The first-order valence-electron chi connectivity index (χ1n) is 6.73. The third-order valence-electron chi connectivity index (χ3n) is 4.14. The van der Waals surface area contributed by atoms with E-state index in [1.165, 1.54) is 6.39 Å². The van der Waals surface area contributed by atoms with E-state index in [1.807, 2.05) is 24.3 Å². The van der Waals surface area contributed by atoms with Crippen molar-refractivity contribution in [2.45, 2.75) is 38.9 Å². The quantitative estimate of drug-likeness (QED) is 0.787. The Hall–Kier alpha value is -1.59. The van der Waals surface area contributed by atoms with Gasteiger partial charge in [-0.25, -0.2) is 4.98 Å². The fraction of sp³-hybridized carbons (Fsp3) is 0.400. The highest BCUT2D eigenvalue weighted by Crippen LogP contribution is 2.36. The van der Waals surface area contributed by atoms with Gasteiger partial charge in [-0.1, -0.05) is 24.3 Å². The molecule has 0 spiro atoms. The minimum atomic E-state index is -0.355. The molecule has 0 aliphatic carbocycles. The van der Waals surface area contributed by atoms with Crippen LogP contribution >= 0.6 is 0 Å². The zero-order valence-electron chi connectivity index (χ0n) is 12.2. The van der Waals surface area contributed by atoms with Crippen molar-refractivity contribution < 1.29 is 13.7 Å². The first-order valence-corrected chi connectivity index (χ1v) is 6.73. The van der Waals surface area contributed by atoms with Crippen LogP contribution in [0.2, 0.25) is 0 Å². The number of benzene rings is 1. The number of rotatable bonds is 2. The summed E-state index contributed by atoms with van der Waals surface area (Å²) in [5.41, 5.74) is 2.13. The monoisotopic (exact) mass is 271 g/mol. The largest absolute Gasteiger partial charge is 0.494 e. The number of nitrogens with zero attached hydrogens (tertiary/aromatic N) is 1. The smallest absolute Gasteiger partial charge is 0.451 e. The van der Waals surface area contributed by atoms with E-state index in [9.17, 15) is 0 Å². The van der Waals surface area contributed by atoms with E-state index in [4.69, 9.17) is 13.7 Å². The lowest BCUT2D eigenvalue weighted by Gasteiger charge is -2.32. The van der Waals surface area contributed by atoms with Crippen molar-refractivity contribution >= 4 is 12.6 Å². The van der Waals surface area contributed by atoms with E-state index in [1.54, 1.807) is 6.26 Å². The van der Waals surface area contributed by atoms with Gasteiger partial charge in [0.1, 0.15) is 12.0 Å². The second-order valence-corrected chi connectivity index (χ2v) is 6.09. The van der Waals surface area contributed by atoms with Crippen molar-refractivity contribution in [3.05, 3.63) is 36.9 Å². The summed E-state index contributed by atoms with van der Waals surface area (Å²) in [5.74, 6) is 0. The van der Waals surface area contributed by atoms with Gasteiger partial charge in [-0.2, -0.15) is 0 Å². The molecule has 0 radical (unpaired) electrons. The normalized spacial score (nSPS) is 20.3. The third kappa shape index (κ3) is 2.17. The van der Waals surface area contributed by atoms with Gasteiger partial charge in [0, 0.05) is 5.56 Å². The van der Waals surface area contributed by atoms with Gasteiger partial charge in [-0.05, 0) is 33.2 Å². The van der Waals surface area contributed by atoms with E-state index in [2.05, 4.69) is 32.7 Å². The lowest BCUT2D eigenvalue weighted by molar-refractivity contribution is 0.00578. The van der Waals surface area contributed by atoms with Gasteiger partial charge in [0.2, 0.25) is 0 Å². The first kappa shape index (κ1) is 13.4. The van der Waals surface area contributed by atoms with Crippen LogP contribution in [-0.2, 0) is 9.31 Å². The highest BCUT2D eigenvalue weighted by Gasteiger charge is 2.51. The van der Waals surface area contributed by atoms with Crippen LogP contribution in [0.4, 0.5) is 0 Å². The highest BCUT2D eigenvalue weighted by molar-refractivity contribution is 6.62. The molecule has 0 unspecified atom stereocenters. The molecule has 1 aliphatic heterocycles. The molecule has 1 saturated heterocycles. The Balaban J connectivity index is 1.91. The van der Waals surface area contributed by atoms with Crippen LogP contribution < -0.4 is 5.46 Å². The molecule has 0 amide bonds. The highest BCUT2D eigenvalue weighted by atomic mass is 16.7. The fourth-order valence-electron chi connectivity index (χ4n) is 2.18. The average Bonchev–Trinajstić information content (AvgIpc) is 2.97. The zero-order valence-corrected chi connectivity index (χ0v) is 12.2. The van der Waals surface area contributed by atoms with Crippen LogP contribution in [0.15, 0.2) is 41.3 Å². The Morgan fingerprint density at radius 1 is 1.05 bits per heavy atom. The molecule has 0 atom stereocenters. The predicted octanol–water partition coefficient (Wildman–Crippen LogP) is 2.64. The molecule has 0 N–H and O–H groups in total. The molecule has 1 fully saturated rings. The van der Waals surface area contributed by atoms with E-state index in [0.717, 1.165) is 16.7 Å². The van der Waals surface area contributed by atoms with Crippen molar-refractivity contribution in [1.82, 2.24) is 4.98 Å². The van der Waals surface area contributed by atoms with Crippen molar-refractivity contribution in [2.24, 2.45) is 0 Å². The SMILES string of the molecule is CC1(C)OB(c2cccc(-c3cocn3)c2)OC1(C)C. The second-order valence-electron chi connectivity index (χ2n) is 6.09.